The lowest BCUT2D eigenvalue weighted by Crippen LogP contribution is -2.30. The molecule has 112 valence electrons. The van der Waals surface area contributed by atoms with Gasteiger partial charge >= 0.3 is 0 Å². The number of sulfonamides is 1. The molecule has 5 heteroatoms. The molecular weight excluding hydrogens is 296 g/mol. The second-order valence-electron chi connectivity index (χ2n) is 5.49. The first-order valence-corrected chi connectivity index (χ1v) is 8.66. The maximum Gasteiger partial charge on any atom is 0.241 e. The van der Waals surface area contributed by atoms with Crippen molar-refractivity contribution in [2.75, 3.05) is 0 Å². The molecule has 0 aromatic heterocycles. The molecule has 0 bridgehead atoms. The highest BCUT2D eigenvalue weighted by Crippen LogP contribution is 2.41. The highest BCUT2D eigenvalue weighted by atomic mass is 32.2. The lowest BCUT2D eigenvalue weighted by molar-refractivity contribution is 0.529. The normalized spacial score (nSPS) is 16.0. The van der Waals surface area contributed by atoms with Crippen LogP contribution in [0, 0.1) is 17.2 Å². The summed E-state index contributed by atoms with van der Waals surface area (Å²) < 4.78 is 28.0. The highest BCUT2D eigenvalue weighted by Gasteiger charge is 2.35. The number of benzene rings is 2. The Kier molecular flexibility index (Phi) is 3.97. The summed E-state index contributed by atoms with van der Waals surface area (Å²) in [6.45, 7) is 0. The number of hydrogen-bond donors (Lipinski definition) is 1. The van der Waals surface area contributed by atoms with Crippen LogP contribution in [0.5, 0.6) is 0 Å². The van der Waals surface area contributed by atoms with Crippen LogP contribution in [0.25, 0.3) is 0 Å². The highest BCUT2D eigenvalue weighted by molar-refractivity contribution is 7.89. The van der Waals surface area contributed by atoms with Crippen molar-refractivity contribution < 1.29 is 8.42 Å². The molecule has 1 N–H and O–H groups in total. The average Bonchev–Trinajstić information content (AvgIpc) is 3.38. The van der Waals surface area contributed by atoms with Gasteiger partial charge in [-0.25, -0.2) is 13.1 Å². The molecule has 0 aliphatic heterocycles. The maximum absolute atomic E-state index is 12.6. The Morgan fingerprint density at radius 3 is 2.45 bits per heavy atom. The van der Waals surface area contributed by atoms with Crippen molar-refractivity contribution in [2.24, 2.45) is 5.92 Å². The SMILES string of the molecule is N#Cc1cccc(S(=O)(=O)N[C@H](c2ccccc2)C2CC2)c1. The lowest BCUT2D eigenvalue weighted by atomic mass is 10.0. The third-order valence-electron chi connectivity index (χ3n) is 3.81. The zero-order chi connectivity index (χ0) is 15.6. The van der Waals surface area contributed by atoms with E-state index >= 15 is 0 Å². The molecule has 4 nitrogen and oxygen atoms in total. The van der Waals surface area contributed by atoms with Crippen LogP contribution in [0.15, 0.2) is 59.5 Å². The van der Waals surface area contributed by atoms with Gasteiger partial charge in [-0.3, -0.25) is 0 Å². The number of nitriles is 1. The van der Waals surface area contributed by atoms with Crippen molar-refractivity contribution in [2.45, 2.75) is 23.8 Å². The average molecular weight is 312 g/mol. The second kappa shape index (κ2) is 5.91. The van der Waals surface area contributed by atoms with Crippen molar-refractivity contribution in [1.82, 2.24) is 4.72 Å². The minimum absolute atomic E-state index is 0.133. The third-order valence-corrected chi connectivity index (χ3v) is 5.25. The van der Waals surface area contributed by atoms with E-state index in [2.05, 4.69) is 4.72 Å². The predicted molar refractivity (Wildman–Crippen MR) is 83.4 cm³/mol. The molecule has 0 amide bonds. The molecule has 3 rings (SSSR count). The topological polar surface area (TPSA) is 70.0 Å². The molecule has 1 aliphatic rings. The van der Waals surface area contributed by atoms with Gasteiger partial charge in [0.15, 0.2) is 0 Å². The van der Waals surface area contributed by atoms with Gasteiger partial charge in [-0.05, 0) is 42.5 Å². The molecule has 2 aromatic carbocycles. The second-order valence-corrected chi connectivity index (χ2v) is 7.20. The van der Waals surface area contributed by atoms with Crippen LogP contribution < -0.4 is 4.72 Å². The number of hydrogen-bond acceptors (Lipinski definition) is 3. The fraction of sp³-hybridized carbons (Fsp3) is 0.235. The van der Waals surface area contributed by atoms with Gasteiger partial charge in [-0.15, -0.1) is 0 Å². The van der Waals surface area contributed by atoms with E-state index in [-0.39, 0.29) is 10.9 Å². The van der Waals surface area contributed by atoms with Crippen LogP contribution in [0.3, 0.4) is 0 Å². The van der Waals surface area contributed by atoms with E-state index in [9.17, 15) is 8.42 Å². The van der Waals surface area contributed by atoms with Crippen LogP contribution in [-0.4, -0.2) is 8.42 Å². The Bertz CT molecular complexity index is 806. The van der Waals surface area contributed by atoms with Gasteiger partial charge in [0, 0.05) is 6.04 Å². The van der Waals surface area contributed by atoms with E-state index in [1.54, 1.807) is 12.1 Å². The molecule has 1 aliphatic carbocycles. The Morgan fingerprint density at radius 1 is 1.09 bits per heavy atom. The first kappa shape index (κ1) is 14.8. The van der Waals surface area contributed by atoms with Gasteiger partial charge in [0.25, 0.3) is 0 Å². The summed E-state index contributed by atoms with van der Waals surface area (Å²) in [5.41, 5.74) is 1.32. The van der Waals surface area contributed by atoms with E-state index in [0.29, 0.717) is 11.5 Å². The molecule has 1 fully saturated rings. The molecule has 0 saturated heterocycles. The predicted octanol–water partition coefficient (Wildman–Crippen LogP) is 2.99. The first-order chi connectivity index (χ1) is 10.6. The van der Waals surface area contributed by atoms with E-state index in [1.165, 1.54) is 12.1 Å². The molecule has 1 atom stereocenters. The van der Waals surface area contributed by atoms with E-state index < -0.39 is 10.0 Å². The van der Waals surface area contributed by atoms with Crippen molar-refractivity contribution >= 4 is 10.0 Å². The van der Waals surface area contributed by atoms with Gasteiger partial charge in [0.2, 0.25) is 10.0 Å². The minimum atomic E-state index is -3.65. The minimum Gasteiger partial charge on any atom is -0.207 e. The van der Waals surface area contributed by atoms with E-state index in [1.807, 2.05) is 36.4 Å². The van der Waals surface area contributed by atoms with Crippen LogP contribution in [-0.2, 0) is 10.0 Å². The van der Waals surface area contributed by atoms with Gasteiger partial charge in [0.05, 0.1) is 16.5 Å². The lowest BCUT2D eigenvalue weighted by Gasteiger charge is -2.19. The quantitative estimate of drug-likeness (QED) is 0.922. The van der Waals surface area contributed by atoms with Gasteiger partial charge in [0.1, 0.15) is 0 Å². The van der Waals surface area contributed by atoms with Gasteiger partial charge in [-0.2, -0.15) is 5.26 Å². The van der Waals surface area contributed by atoms with Crippen LogP contribution in [0.1, 0.15) is 30.0 Å². The van der Waals surface area contributed by atoms with Crippen molar-refractivity contribution in [3.8, 4) is 6.07 Å². The third kappa shape index (κ3) is 3.19. The fourth-order valence-electron chi connectivity index (χ4n) is 2.49. The number of nitrogens with one attached hydrogen (secondary N) is 1. The Hall–Kier alpha value is -2.16. The summed E-state index contributed by atoms with van der Waals surface area (Å²) in [4.78, 5) is 0.133. The maximum atomic E-state index is 12.6. The van der Waals surface area contributed by atoms with Gasteiger partial charge in [-0.1, -0.05) is 36.4 Å². The Morgan fingerprint density at radius 2 is 1.82 bits per heavy atom. The molecule has 0 spiro atoms. The molecule has 0 heterocycles. The largest absolute Gasteiger partial charge is 0.241 e. The molecule has 22 heavy (non-hydrogen) atoms. The number of nitrogens with zero attached hydrogens (tertiary/aromatic N) is 1. The standard InChI is InChI=1S/C17H16N2O2S/c18-12-13-5-4-8-16(11-13)22(20,21)19-17(15-9-10-15)14-6-2-1-3-7-14/h1-8,11,15,17,19H,9-10H2/t17-/m1/s1. The van der Waals surface area contributed by atoms with E-state index in [0.717, 1.165) is 18.4 Å². The Labute approximate surface area is 130 Å². The molecule has 0 radical (unpaired) electrons. The van der Waals surface area contributed by atoms with Crippen LogP contribution in [0.2, 0.25) is 0 Å². The molecule has 2 aromatic rings. The number of rotatable bonds is 5. The summed E-state index contributed by atoms with van der Waals surface area (Å²) >= 11 is 0. The van der Waals surface area contributed by atoms with Crippen LogP contribution >= 0.6 is 0 Å². The summed E-state index contributed by atoms with van der Waals surface area (Å²) in [6.07, 6.45) is 2.06. The van der Waals surface area contributed by atoms with E-state index in [4.69, 9.17) is 5.26 Å². The Balaban J connectivity index is 1.90. The summed E-state index contributed by atoms with van der Waals surface area (Å²) in [7, 11) is -3.65. The summed E-state index contributed by atoms with van der Waals surface area (Å²) in [5, 5.41) is 8.92. The van der Waals surface area contributed by atoms with Crippen molar-refractivity contribution in [3.63, 3.8) is 0 Å². The fourth-order valence-corrected chi connectivity index (χ4v) is 3.83. The zero-order valence-electron chi connectivity index (χ0n) is 11.9. The zero-order valence-corrected chi connectivity index (χ0v) is 12.8. The smallest absolute Gasteiger partial charge is 0.207 e. The molecule has 0 unspecified atom stereocenters. The van der Waals surface area contributed by atoms with Crippen molar-refractivity contribution in [3.05, 3.63) is 65.7 Å². The van der Waals surface area contributed by atoms with Crippen molar-refractivity contribution in [1.29, 1.82) is 5.26 Å². The molecule has 1 saturated carbocycles. The monoisotopic (exact) mass is 312 g/mol. The van der Waals surface area contributed by atoms with Crippen LogP contribution in [0.4, 0.5) is 0 Å². The summed E-state index contributed by atoms with van der Waals surface area (Å²) in [5.74, 6) is 0.344. The molecular formula is C17H16N2O2S. The van der Waals surface area contributed by atoms with Gasteiger partial charge < -0.3 is 0 Å². The summed E-state index contributed by atoms with van der Waals surface area (Å²) in [6, 6.07) is 17.5. The first-order valence-electron chi connectivity index (χ1n) is 7.17.